The van der Waals surface area contributed by atoms with E-state index in [1.165, 1.54) is 6.92 Å². The van der Waals surface area contributed by atoms with Gasteiger partial charge in [-0.1, -0.05) is 102 Å². The Labute approximate surface area is 179 Å². The van der Waals surface area contributed by atoms with Crippen molar-refractivity contribution in [3.63, 3.8) is 0 Å². The molecule has 1 atom stereocenters. The van der Waals surface area contributed by atoms with E-state index in [0.717, 1.165) is 14.2 Å². The molecular formula is C24H45NO4. The molecule has 0 heterocycles. The Morgan fingerprint density at radius 2 is 0.897 bits per heavy atom. The molecule has 0 radical (unpaired) electrons. The van der Waals surface area contributed by atoms with Crippen LogP contribution in [0.2, 0.25) is 0 Å². The van der Waals surface area contributed by atoms with Gasteiger partial charge in [0.05, 0.1) is 6.04 Å². The van der Waals surface area contributed by atoms with E-state index in [1.807, 2.05) is 72.8 Å². The van der Waals surface area contributed by atoms with Gasteiger partial charge < -0.3 is 15.5 Å². The minimum Gasteiger partial charge on any atom is -0.400 e. The Bertz CT molecular complexity index is 420. The molecule has 0 saturated carbocycles. The van der Waals surface area contributed by atoms with Crippen LogP contribution in [0.3, 0.4) is 0 Å². The second-order valence-corrected chi connectivity index (χ2v) is 4.56. The van der Waals surface area contributed by atoms with Crippen LogP contribution >= 0.6 is 0 Å². The smallest absolute Gasteiger partial charge is 0.220 e. The molecule has 1 amide bonds. The zero-order valence-corrected chi connectivity index (χ0v) is 16.4. The van der Waals surface area contributed by atoms with Crippen LogP contribution in [0.1, 0.15) is 49.5 Å². The van der Waals surface area contributed by atoms with Gasteiger partial charge in [-0.15, -0.1) is 0 Å². The first kappa shape index (κ1) is 41.0. The van der Waals surface area contributed by atoms with Gasteiger partial charge in [0, 0.05) is 20.6 Å². The highest BCUT2D eigenvalue weighted by molar-refractivity contribution is 5.86. The second-order valence-electron chi connectivity index (χ2n) is 4.56. The first-order valence-corrected chi connectivity index (χ1v) is 8.27. The fourth-order valence-corrected chi connectivity index (χ4v) is 1.21. The predicted octanol–water partition coefficient (Wildman–Crippen LogP) is 4.99. The lowest BCUT2D eigenvalue weighted by Gasteiger charge is -2.08. The number of Topliss-reactive ketones (excluding diaryl/α,β-unsaturated/α-hetero) is 1. The number of ketones is 1. The summed E-state index contributed by atoms with van der Waals surface area (Å²) in [5.41, 5.74) is 0. The number of carbonyl (C=O) groups is 2. The summed E-state index contributed by atoms with van der Waals surface area (Å²) in [7, 11) is 2.00. The molecule has 0 saturated heterocycles. The topological polar surface area (TPSA) is 86.6 Å². The summed E-state index contributed by atoms with van der Waals surface area (Å²) >= 11 is 0. The Hall–Kier alpha value is -2.50. The van der Waals surface area contributed by atoms with Gasteiger partial charge in [0.1, 0.15) is 0 Å². The molecule has 5 heteroatoms. The lowest BCUT2D eigenvalue weighted by Crippen LogP contribution is -2.36. The van der Waals surface area contributed by atoms with Crippen molar-refractivity contribution in [3.8, 4) is 0 Å². The van der Waals surface area contributed by atoms with Crippen LogP contribution in [0.4, 0.5) is 0 Å². The van der Waals surface area contributed by atoms with Crippen molar-refractivity contribution in [2.24, 2.45) is 0 Å². The predicted molar refractivity (Wildman–Crippen MR) is 128 cm³/mol. The van der Waals surface area contributed by atoms with E-state index in [9.17, 15) is 9.59 Å². The lowest BCUT2D eigenvalue weighted by atomic mass is 10.2. The fraction of sp³-hybridized carbons (Fsp3) is 0.417. The number of hydrogen-bond donors (Lipinski definition) is 3. The summed E-state index contributed by atoms with van der Waals surface area (Å²) in [6, 6.07) is 23.7. The standard InChI is InChI=1S/C7H13NO2.2C6H6.2CH4O.3CH4/c1-4-7(10)8-5(2)6(3)9;2*1-2-4-6-5-3-1;2*1-2;;;/h5H,4H2,1-3H3,(H,8,10);2*1-6H;2*2H,1H3;3*1H4. The SMILES string of the molecule is C.C.C.CCC(=O)NC(C)C(C)=O.CO.CO.c1ccccc1.c1ccccc1. The van der Waals surface area contributed by atoms with E-state index in [4.69, 9.17) is 10.2 Å². The summed E-state index contributed by atoms with van der Waals surface area (Å²) < 4.78 is 0. The average Bonchev–Trinajstić information content (AvgIpc) is 2.74. The third kappa shape index (κ3) is 37.0. The van der Waals surface area contributed by atoms with Crippen molar-refractivity contribution in [2.45, 2.75) is 55.5 Å². The van der Waals surface area contributed by atoms with Crippen LogP contribution in [0.5, 0.6) is 0 Å². The first-order chi connectivity index (χ1) is 12.6. The van der Waals surface area contributed by atoms with Crippen LogP contribution in [0.25, 0.3) is 0 Å². The maximum Gasteiger partial charge on any atom is 0.220 e. The molecule has 1 unspecified atom stereocenters. The fourth-order valence-electron chi connectivity index (χ4n) is 1.21. The Morgan fingerprint density at radius 3 is 1.03 bits per heavy atom. The van der Waals surface area contributed by atoms with Gasteiger partial charge in [0.15, 0.2) is 5.78 Å². The molecular weight excluding hydrogens is 366 g/mol. The highest BCUT2D eigenvalue weighted by atomic mass is 16.2. The molecule has 0 fully saturated rings. The molecule has 0 aliphatic rings. The van der Waals surface area contributed by atoms with Crippen molar-refractivity contribution in [1.29, 1.82) is 0 Å². The lowest BCUT2D eigenvalue weighted by molar-refractivity contribution is -0.126. The minimum absolute atomic E-state index is 0. The van der Waals surface area contributed by atoms with E-state index < -0.39 is 0 Å². The zero-order valence-electron chi connectivity index (χ0n) is 16.4. The van der Waals surface area contributed by atoms with Crippen molar-refractivity contribution >= 4 is 11.7 Å². The van der Waals surface area contributed by atoms with Gasteiger partial charge in [0.25, 0.3) is 0 Å². The molecule has 0 aliphatic heterocycles. The van der Waals surface area contributed by atoms with Crippen molar-refractivity contribution in [1.82, 2.24) is 5.32 Å². The van der Waals surface area contributed by atoms with E-state index in [-0.39, 0.29) is 40.0 Å². The quantitative estimate of drug-likeness (QED) is 0.664. The number of rotatable bonds is 3. The average molecular weight is 412 g/mol. The first-order valence-electron chi connectivity index (χ1n) is 8.27. The Balaban J connectivity index is -0.0000000615. The minimum atomic E-state index is -0.340. The number of aliphatic hydroxyl groups is 2. The van der Waals surface area contributed by atoms with Crippen LogP contribution < -0.4 is 5.32 Å². The molecule has 29 heavy (non-hydrogen) atoms. The van der Waals surface area contributed by atoms with Gasteiger partial charge in [-0.3, -0.25) is 9.59 Å². The molecule has 0 bridgehead atoms. The zero-order chi connectivity index (χ0) is 20.6. The molecule has 0 spiro atoms. The third-order valence-corrected chi connectivity index (χ3v) is 2.64. The maximum absolute atomic E-state index is 10.7. The summed E-state index contributed by atoms with van der Waals surface area (Å²) in [4.78, 5) is 21.2. The molecule has 5 nitrogen and oxygen atoms in total. The van der Waals surface area contributed by atoms with Crippen molar-refractivity contribution in [3.05, 3.63) is 72.8 Å². The van der Waals surface area contributed by atoms with Crippen LogP contribution in [-0.2, 0) is 9.59 Å². The van der Waals surface area contributed by atoms with Crippen LogP contribution in [0.15, 0.2) is 72.8 Å². The maximum atomic E-state index is 10.7. The van der Waals surface area contributed by atoms with Crippen LogP contribution in [0, 0.1) is 0 Å². The monoisotopic (exact) mass is 411 g/mol. The van der Waals surface area contributed by atoms with Gasteiger partial charge in [-0.2, -0.15) is 0 Å². The summed E-state index contributed by atoms with van der Waals surface area (Å²) in [5.74, 6) is -0.0931. The van der Waals surface area contributed by atoms with E-state index in [0.29, 0.717) is 6.42 Å². The molecule has 2 aromatic rings. The van der Waals surface area contributed by atoms with Gasteiger partial charge in [-0.25, -0.2) is 0 Å². The molecule has 2 rings (SSSR count). The van der Waals surface area contributed by atoms with Crippen molar-refractivity contribution < 1.29 is 19.8 Å². The number of nitrogens with one attached hydrogen (secondary N) is 1. The number of carbonyl (C=O) groups excluding carboxylic acids is 2. The molecule has 2 aromatic carbocycles. The highest BCUT2D eigenvalue weighted by Gasteiger charge is 2.08. The molecule has 0 aromatic heterocycles. The highest BCUT2D eigenvalue weighted by Crippen LogP contribution is 1.85. The normalized spacial score (nSPS) is 7.97. The number of benzene rings is 2. The number of hydrogen-bond acceptors (Lipinski definition) is 4. The van der Waals surface area contributed by atoms with E-state index >= 15 is 0 Å². The number of amides is 1. The molecule has 0 aliphatic carbocycles. The summed E-state index contributed by atoms with van der Waals surface area (Å²) in [5, 5.41) is 16.5. The van der Waals surface area contributed by atoms with E-state index in [1.54, 1.807) is 13.8 Å². The van der Waals surface area contributed by atoms with Gasteiger partial charge in [0.2, 0.25) is 5.91 Å². The molecule has 3 N–H and O–H groups in total. The Morgan fingerprint density at radius 1 is 0.690 bits per heavy atom. The Kier molecular flexibility index (Phi) is 51.5. The largest absolute Gasteiger partial charge is 0.400 e. The second kappa shape index (κ2) is 36.4. The summed E-state index contributed by atoms with van der Waals surface area (Å²) in [6.07, 6.45) is 0.428. The summed E-state index contributed by atoms with van der Waals surface area (Å²) in [6.45, 7) is 4.89. The van der Waals surface area contributed by atoms with Gasteiger partial charge >= 0.3 is 0 Å². The van der Waals surface area contributed by atoms with Gasteiger partial charge in [-0.05, 0) is 13.8 Å². The van der Waals surface area contributed by atoms with Crippen LogP contribution in [-0.4, -0.2) is 42.2 Å². The molecule has 170 valence electrons. The van der Waals surface area contributed by atoms with E-state index in [2.05, 4.69) is 5.32 Å². The third-order valence-electron chi connectivity index (χ3n) is 2.64. The van der Waals surface area contributed by atoms with Crippen molar-refractivity contribution in [2.75, 3.05) is 14.2 Å². The number of aliphatic hydroxyl groups excluding tert-OH is 2.